The number of pyridine rings is 1. The monoisotopic (exact) mass is 1060 g/mol. The number of rotatable bonds is 31. The molecule has 0 unspecified atom stereocenters. The van der Waals surface area contributed by atoms with Gasteiger partial charge in [0.25, 0.3) is 0 Å². The number of ketones is 1. The Hall–Kier alpha value is -5.84. The first kappa shape index (κ1) is 66.3. The average molecular weight is 1060 g/mol. The maximum atomic E-state index is 12.0. The van der Waals surface area contributed by atoms with Crippen LogP contribution in [0.3, 0.4) is 0 Å². The summed E-state index contributed by atoms with van der Waals surface area (Å²) in [5.41, 5.74) is 3.54. The molecule has 0 spiro atoms. The fourth-order valence-electron chi connectivity index (χ4n) is 6.51. The number of fused-ring (bicyclic) bond motifs is 1. The van der Waals surface area contributed by atoms with Crippen molar-refractivity contribution in [3.63, 3.8) is 0 Å². The van der Waals surface area contributed by atoms with Gasteiger partial charge in [0, 0.05) is 62.7 Å². The van der Waals surface area contributed by atoms with Crippen molar-refractivity contribution in [2.45, 2.75) is 106 Å². The van der Waals surface area contributed by atoms with Gasteiger partial charge in [0.2, 0.25) is 5.88 Å². The van der Waals surface area contributed by atoms with E-state index < -0.39 is 0 Å². The summed E-state index contributed by atoms with van der Waals surface area (Å²) >= 11 is 0. The van der Waals surface area contributed by atoms with E-state index in [0.717, 1.165) is 66.2 Å². The first-order valence-corrected chi connectivity index (χ1v) is 26.4. The molecule has 1 aromatic heterocycles. The van der Waals surface area contributed by atoms with E-state index in [1.807, 2.05) is 54.6 Å². The highest BCUT2D eigenvalue weighted by Gasteiger charge is 2.12. The van der Waals surface area contributed by atoms with Gasteiger partial charge in [0.15, 0.2) is 17.3 Å². The van der Waals surface area contributed by atoms with Crippen LogP contribution in [-0.4, -0.2) is 128 Å². The van der Waals surface area contributed by atoms with Gasteiger partial charge in [-0.25, -0.2) is 14.6 Å². The van der Waals surface area contributed by atoms with E-state index >= 15 is 0 Å². The van der Waals surface area contributed by atoms with Gasteiger partial charge in [-0.15, -0.1) is 0 Å². The zero-order chi connectivity index (χ0) is 55.9. The molecular formula is C61H90N2O13. The number of esters is 2. The molecule has 0 amide bonds. The average Bonchev–Trinajstić information content (AvgIpc) is 3.38. The smallest absolute Gasteiger partial charge is 0.330 e. The van der Waals surface area contributed by atoms with Crippen LogP contribution in [0.15, 0.2) is 91.2 Å². The summed E-state index contributed by atoms with van der Waals surface area (Å²) < 4.78 is 53.1. The van der Waals surface area contributed by atoms with Crippen molar-refractivity contribution in [2.75, 3.05) is 100 Å². The third kappa shape index (κ3) is 37.0. The number of benzene rings is 2. The molecule has 0 saturated carbocycles. The van der Waals surface area contributed by atoms with Crippen molar-refractivity contribution in [1.82, 2.24) is 10.3 Å². The number of hydrogen-bond donors (Lipinski definition) is 1. The van der Waals surface area contributed by atoms with Crippen LogP contribution >= 0.6 is 0 Å². The van der Waals surface area contributed by atoms with E-state index in [0.29, 0.717) is 95.6 Å². The molecular weight excluding hydrogens is 969 g/mol. The molecule has 3 aromatic rings. The minimum atomic E-state index is -0.390. The molecule has 0 aliphatic carbocycles. The molecule has 4 rings (SSSR count). The SMILES string of the molecule is CC(C)(C)NCCOCCOCCCC(=O)/C=C/c1ccc2c(c1)OCCO2.COc1ccc(/C=C/C(=O)OCCOCCCC(C)(C)C)cn1.COc1ccc(/C=C/C=C/C(=O)OCCOCCCC(C)(C)C)cc1. The molecule has 2 aromatic carbocycles. The molecule has 0 saturated heterocycles. The number of methoxy groups -OCH3 is 2. The third-order valence-corrected chi connectivity index (χ3v) is 10.5. The summed E-state index contributed by atoms with van der Waals surface area (Å²) in [6.45, 7) is 26.8. The van der Waals surface area contributed by atoms with Gasteiger partial charge in [0.05, 0.1) is 47.3 Å². The lowest BCUT2D eigenvalue weighted by Crippen LogP contribution is -2.38. The quantitative estimate of drug-likeness (QED) is 0.0279. The highest BCUT2D eigenvalue weighted by Crippen LogP contribution is 2.31. The van der Waals surface area contributed by atoms with Gasteiger partial charge < -0.3 is 52.7 Å². The summed E-state index contributed by atoms with van der Waals surface area (Å²) in [6, 6.07) is 16.9. The molecule has 76 heavy (non-hydrogen) atoms. The number of carbonyl (C=O) groups is 3. The number of carbonyl (C=O) groups excluding carboxylic acids is 3. The van der Waals surface area contributed by atoms with E-state index in [4.69, 9.17) is 47.4 Å². The first-order chi connectivity index (χ1) is 36.2. The first-order valence-electron chi connectivity index (χ1n) is 26.4. The predicted molar refractivity (Wildman–Crippen MR) is 302 cm³/mol. The number of nitrogens with one attached hydrogen (secondary N) is 1. The van der Waals surface area contributed by atoms with Crippen molar-refractivity contribution in [1.29, 1.82) is 0 Å². The van der Waals surface area contributed by atoms with Crippen LogP contribution in [0.5, 0.6) is 23.1 Å². The lowest BCUT2D eigenvalue weighted by atomic mass is 9.91. The number of hydrogen-bond acceptors (Lipinski definition) is 15. The van der Waals surface area contributed by atoms with Gasteiger partial charge >= 0.3 is 11.9 Å². The molecule has 0 radical (unpaired) electrons. The summed E-state index contributed by atoms with van der Waals surface area (Å²) in [5, 5.41) is 3.36. The third-order valence-electron chi connectivity index (χ3n) is 10.5. The van der Waals surface area contributed by atoms with Crippen LogP contribution in [-0.2, 0) is 42.8 Å². The Bertz CT molecular complexity index is 2160. The van der Waals surface area contributed by atoms with E-state index in [9.17, 15) is 14.4 Å². The van der Waals surface area contributed by atoms with Gasteiger partial charge in [-0.05, 0) is 123 Å². The number of ether oxygens (including phenoxy) is 10. The number of nitrogens with zero attached hydrogens (tertiary/aromatic N) is 1. The minimum absolute atomic E-state index is 0.0861. The number of aromatic nitrogens is 1. The largest absolute Gasteiger partial charge is 0.497 e. The van der Waals surface area contributed by atoms with E-state index in [1.54, 1.807) is 56.9 Å². The van der Waals surface area contributed by atoms with Crippen LogP contribution in [0.25, 0.3) is 18.2 Å². The summed E-state index contributed by atoms with van der Waals surface area (Å²) in [4.78, 5) is 39.1. The predicted octanol–water partition coefficient (Wildman–Crippen LogP) is 11.4. The second-order valence-corrected chi connectivity index (χ2v) is 21.1. The molecule has 1 N–H and O–H groups in total. The standard InChI is InChI=1S/C22H33NO5.C21H30O4.C18H27NO4/c1-22(2,3)23-10-12-26-14-13-25-11-4-5-19(24)8-6-18-7-9-20-21(17-18)28-16-15-27-20;1-21(2,3)14-7-15-24-16-17-25-20(22)9-6-5-8-18-10-12-19(23-4)13-11-18;1-18(2,3)10-5-11-22-12-13-23-17(20)9-7-15-6-8-16(21-4)19-14-15/h6-9,17,23H,4-5,10-16H2,1-3H3;5-6,8-13H,7,14-17H2,1-4H3;6-9,14H,5,10-13H2,1-4H3/b8-6+;8-5+,9-6+;9-7+. The second-order valence-electron chi connectivity index (χ2n) is 21.1. The van der Waals surface area contributed by atoms with Crippen molar-refractivity contribution in [3.05, 3.63) is 108 Å². The zero-order valence-electron chi connectivity index (χ0n) is 47.6. The van der Waals surface area contributed by atoms with Gasteiger partial charge in [-0.3, -0.25) is 4.79 Å². The molecule has 1 aliphatic rings. The van der Waals surface area contributed by atoms with Crippen molar-refractivity contribution >= 4 is 35.9 Å². The van der Waals surface area contributed by atoms with Crippen molar-refractivity contribution in [3.8, 4) is 23.1 Å². The van der Waals surface area contributed by atoms with Crippen LogP contribution < -0.4 is 24.3 Å². The van der Waals surface area contributed by atoms with Crippen LogP contribution in [0, 0.1) is 10.8 Å². The van der Waals surface area contributed by atoms with E-state index in [2.05, 4.69) is 72.6 Å². The fraction of sp³-hybridized carbons (Fsp3) is 0.541. The molecule has 0 bridgehead atoms. The second kappa shape index (κ2) is 38.7. The molecule has 422 valence electrons. The lowest BCUT2D eigenvalue weighted by Gasteiger charge is -2.20. The fourth-order valence-corrected chi connectivity index (χ4v) is 6.51. The summed E-state index contributed by atoms with van der Waals surface area (Å²) in [6.07, 6.45) is 20.3. The Morgan fingerprint density at radius 1 is 0.553 bits per heavy atom. The van der Waals surface area contributed by atoms with Crippen LogP contribution in [0.2, 0.25) is 0 Å². The Labute approximate surface area is 454 Å². The Balaban J connectivity index is 0.000000392. The maximum absolute atomic E-state index is 12.0. The Morgan fingerprint density at radius 2 is 1.09 bits per heavy atom. The highest BCUT2D eigenvalue weighted by molar-refractivity contribution is 5.93. The molecule has 15 nitrogen and oxygen atoms in total. The van der Waals surface area contributed by atoms with Crippen molar-refractivity contribution < 1.29 is 61.8 Å². The summed E-state index contributed by atoms with van der Waals surface area (Å²) in [5.74, 6) is 2.16. The Kier molecular flexibility index (Phi) is 33.7. The van der Waals surface area contributed by atoms with E-state index in [1.165, 1.54) is 12.2 Å². The van der Waals surface area contributed by atoms with Gasteiger partial charge in [-0.1, -0.05) is 84.0 Å². The molecule has 0 atom stereocenters. The Morgan fingerprint density at radius 3 is 1.66 bits per heavy atom. The van der Waals surface area contributed by atoms with Gasteiger partial charge in [-0.2, -0.15) is 0 Å². The van der Waals surface area contributed by atoms with Crippen LogP contribution in [0.1, 0.15) is 118 Å². The molecule has 1 aliphatic heterocycles. The normalized spacial score (nSPS) is 12.6. The molecule has 0 fully saturated rings. The van der Waals surface area contributed by atoms with Gasteiger partial charge in [0.1, 0.15) is 32.2 Å². The van der Waals surface area contributed by atoms with Crippen molar-refractivity contribution in [2.24, 2.45) is 10.8 Å². The molecule has 2 heterocycles. The zero-order valence-corrected chi connectivity index (χ0v) is 47.6. The lowest BCUT2D eigenvalue weighted by molar-refractivity contribution is -0.140. The maximum Gasteiger partial charge on any atom is 0.330 e. The highest BCUT2D eigenvalue weighted by atomic mass is 16.6. The summed E-state index contributed by atoms with van der Waals surface area (Å²) in [7, 11) is 3.19. The topological polar surface area (TPSA) is 168 Å². The number of allylic oxidation sites excluding steroid dienone is 3. The van der Waals surface area contributed by atoms with E-state index in [-0.39, 0.29) is 36.5 Å². The molecule has 15 heteroatoms. The van der Waals surface area contributed by atoms with Crippen LogP contribution in [0.4, 0.5) is 0 Å². The minimum Gasteiger partial charge on any atom is -0.497 e.